The van der Waals surface area contributed by atoms with Crippen LogP contribution in [0.2, 0.25) is 0 Å². The van der Waals surface area contributed by atoms with Crippen LogP contribution in [0.25, 0.3) is 0 Å². The number of hydrogen-bond acceptors (Lipinski definition) is 2. The number of carbonyl (C=O) groups excluding carboxylic acids is 1. The first-order valence-electron chi connectivity index (χ1n) is 5.92. The molecule has 0 aliphatic carbocycles. The van der Waals surface area contributed by atoms with Gasteiger partial charge in [-0.05, 0) is 19.7 Å². The number of rotatable bonds is 3. The Morgan fingerprint density at radius 2 is 1.44 bits per heavy atom. The molecule has 1 rings (SSSR count). The van der Waals surface area contributed by atoms with E-state index in [1.54, 1.807) is 0 Å². The summed E-state index contributed by atoms with van der Waals surface area (Å²) in [6, 6.07) is 9.62. The predicted molar refractivity (Wildman–Crippen MR) is 71.6 cm³/mol. The van der Waals surface area contributed by atoms with E-state index in [1.165, 1.54) is 0 Å². The Kier molecular flexibility index (Phi) is 12.9. The van der Waals surface area contributed by atoms with Gasteiger partial charge < -0.3 is 4.79 Å². The Bertz CT molecular complexity index is 244. The van der Waals surface area contributed by atoms with Crippen LogP contribution in [0.1, 0.15) is 39.3 Å². The highest BCUT2D eigenvalue weighted by atomic mass is 16.1. The predicted octanol–water partition coefficient (Wildman–Crippen LogP) is 3.54. The molecule has 0 saturated carbocycles. The summed E-state index contributed by atoms with van der Waals surface area (Å²) in [4.78, 5) is 12.6. The van der Waals surface area contributed by atoms with E-state index in [-0.39, 0.29) is 6.04 Å². The van der Waals surface area contributed by atoms with E-state index in [2.05, 4.69) is 0 Å². The maximum atomic E-state index is 10.7. The smallest absolute Gasteiger partial charge is 0.141 e. The Balaban J connectivity index is 0. The molecule has 1 aromatic rings. The number of benzene rings is 1. The second kappa shape index (κ2) is 11.9. The van der Waals surface area contributed by atoms with E-state index < -0.39 is 0 Å². The van der Waals surface area contributed by atoms with Gasteiger partial charge in [-0.2, -0.15) is 0 Å². The van der Waals surface area contributed by atoms with Crippen LogP contribution in [-0.4, -0.2) is 25.3 Å². The average Bonchev–Trinajstić information content (AvgIpc) is 2.36. The molecule has 0 aliphatic heterocycles. The zero-order valence-electron chi connectivity index (χ0n) is 11.4. The molecule has 0 radical (unpaired) electrons. The lowest BCUT2D eigenvalue weighted by molar-refractivity contribution is -0.111. The summed E-state index contributed by atoms with van der Waals surface area (Å²) < 4.78 is 0. The van der Waals surface area contributed by atoms with Crippen LogP contribution in [0.4, 0.5) is 0 Å². The standard InChI is InChI=1S/C10H13NO.2C2H6/c1-11(2)10(8-12)9-6-4-3-5-7-9;2*1-2/h3-8,10H,1-2H3;2*1-2H3. The Morgan fingerprint density at radius 1 is 1.00 bits per heavy atom. The van der Waals surface area contributed by atoms with Crippen LogP contribution in [0, 0.1) is 0 Å². The van der Waals surface area contributed by atoms with E-state index >= 15 is 0 Å². The monoisotopic (exact) mass is 223 g/mol. The third-order valence-electron chi connectivity index (χ3n) is 1.83. The summed E-state index contributed by atoms with van der Waals surface area (Å²) in [5.74, 6) is 0. The van der Waals surface area contributed by atoms with Gasteiger partial charge in [0.05, 0.1) is 6.04 Å². The fraction of sp³-hybridized carbons (Fsp3) is 0.500. The molecule has 0 bridgehead atoms. The minimum Gasteiger partial charge on any atom is -0.301 e. The van der Waals surface area contributed by atoms with Gasteiger partial charge in [-0.15, -0.1) is 0 Å². The van der Waals surface area contributed by atoms with Crippen molar-refractivity contribution in [2.75, 3.05) is 14.1 Å². The van der Waals surface area contributed by atoms with E-state index in [0.717, 1.165) is 11.8 Å². The number of likely N-dealkylation sites (N-methyl/N-ethyl adjacent to an activating group) is 1. The van der Waals surface area contributed by atoms with E-state index in [4.69, 9.17) is 0 Å². The highest BCUT2D eigenvalue weighted by molar-refractivity contribution is 5.61. The van der Waals surface area contributed by atoms with Gasteiger partial charge in [-0.1, -0.05) is 58.0 Å². The Labute approximate surface area is 100 Å². The van der Waals surface area contributed by atoms with Gasteiger partial charge in [-0.25, -0.2) is 0 Å². The van der Waals surface area contributed by atoms with Gasteiger partial charge in [0.25, 0.3) is 0 Å². The molecule has 92 valence electrons. The highest BCUT2D eigenvalue weighted by Crippen LogP contribution is 2.14. The lowest BCUT2D eigenvalue weighted by Crippen LogP contribution is -2.20. The summed E-state index contributed by atoms with van der Waals surface area (Å²) in [5.41, 5.74) is 1.04. The van der Waals surface area contributed by atoms with Crippen LogP contribution in [0.5, 0.6) is 0 Å². The van der Waals surface area contributed by atoms with Gasteiger partial charge in [0.15, 0.2) is 0 Å². The number of carbonyl (C=O) groups is 1. The molecular formula is C14H25NO. The molecule has 0 amide bonds. The summed E-state index contributed by atoms with van der Waals surface area (Å²) in [6.07, 6.45) is 0.954. The molecule has 16 heavy (non-hydrogen) atoms. The molecule has 1 aromatic carbocycles. The van der Waals surface area contributed by atoms with Crippen molar-refractivity contribution >= 4 is 6.29 Å². The molecular weight excluding hydrogens is 198 g/mol. The maximum absolute atomic E-state index is 10.7. The average molecular weight is 223 g/mol. The summed E-state index contributed by atoms with van der Waals surface area (Å²) in [5, 5.41) is 0. The molecule has 0 N–H and O–H groups in total. The quantitative estimate of drug-likeness (QED) is 0.730. The molecule has 0 saturated heterocycles. The van der Waals surface area contributed by atoms with Crippen molar-refractivity contribution in [2.24, 2.45) is 0 Å². The molecule has 0 aliphatic rings. The van der Waals surface area contributed by atoms with Crippen molar-refractivity contribution in [3.63, 3.8) is 0 Å². The van der Waals surface area contributed by atoms with Crippen LogP contribution in [-0.2, 0) is 4.79 Å². The molecule has 0 heterocycles. The zero-order valence-corrected chi connectivity index (χ0v) is 11.4. The molecule has 2 heteroatoms. The first-order chi connectivity index (χ1) is 7.75. The third-order valence-corrected chi connectivity index (χ3v) is 1.83. The van der Waals surface area contributed by atoms with Crippen LogP contribution < -0.4 is 0 Å². The lowest BCUT2D eigenvalue weighted by Gasteiger charge is -2.18. The van der Waals surface area contributed by atoms with Crippen LogP contribution in [0.15, 0.2) is 30.3 Å². The zero-order chi connectivity index (χ0) is 13.0. The first-order valence-corrected chi connectivity index (χ1v) is 5.92. The van der Waals surface area contributed by atoms with Crippen molar-refractivity contribution < 1.29 is 4.79 Å². The fourth-order valence-corrected chi connectivity index (χ4v) is 1.15. The Morgan fingerprint density at radius 3 is 1.75 bits per heavy atom. The van der Waals surface area contributed by atoms with Gasteiger partial charge in [0.1, 0.15) is 6.29 Å². The molecule has 0 fully saturated rings. The van der Waals surface area contributed by atoms with E-state index in [0.29, 0.717) is 0 Å². The van der Waals surface area contributed by atoms with Gasteiger partial charge in [0.2, 0.25) is 0 Å². The van der Waals surface area contributed by atoms with Crippen molar-refractivity contribution in [1.82, 2.24) is 4.90 Å². The summed E-state index contributed by atoms with van der Waals surface area (Å²) in [7, 11) is 3.79. The second-order valence-electron chi connectivity index (χ2n) is 2.96. The number of aldehydes is 1. The van der Waals surface area contributed by atoms with Crippen LogP contribution in [0.3, 0.4) is 0 Å². The molecule has 2 nitrogen and oxygen atoms in total. The Hall–Kier alpha value is -1.15. The number of nitrogens with zero attached hydrogens (tertiary/aromatic N) is 1. The third kappa shape index (κ3) is 6.36. The second-order valence-corrected chi connectivity index (χ2v) is 2.96. The summed E-state index contributed by atoms with van der Waals surface area (Å²) in [6.45, 7) is 8.00. The largest absolute Gasteiger partial charge is 0.301 e. The van der Waals surface area contributed by atoms with Crippen LogP contribution >= 0.6 is 0 Å². The SMILES string of the molecule is CC.CC.CN(C)C(C=O)c1ccccc1. The van der Waals surface area contributed by atoms with Crippen molar-refractivity contribution in [3.8, 4) is 0 Å². The lowest BCUT2D eigenvalue weighted by atomic mass is 10.1. The minimum atomic E-state index is -0.119. The summed E-state index contributed by atoms with van der Waals surface area (Å²) >= 11 is 0. The highest BCUT2D eigenvalue weighted by Gasteiger charge is 2.10. The normalized spacial score (nSPS) is 10.4. The topological polar surface area (TPSA) is 20.3 Å². The number of hydrogen-bond donors (Lipinski definition) is 0. The minimum absolute atomic E-state index is 0.119. The van der Waals surface area contributed by atoms with Crippen molar-refractivity contribution in [1.29, 1.82) is 0 Å². The van der Waals surface area contributed by atoms with Crippen molar-refractivity contribution in [2.45, 2.75) is 33.7 Å². The molecule has 0 aromatic heterocycles. The van der Waals surface area contributed by atoms with Crippen molar-refractivity contribution in [3.05, 3.63) is 35.9 Å². The maximum Gasteiger partial charge on any atom is 0.141 e. The molecule has 1 atom stereocenters. The van der Waals surface area contributed by atoms with Gasteiger partial charge >= 0.3 is 0 Å². The molecule has 0 spiro atoms. The van der Waals surface area contributed by atoms with Gasteiger partial charge in [-0.3, -0.25) is 4.90 Å². The van der Waals surface area contributed by atoms with E-state index in [1.807, 2.05) is 77.0 Å². The van der Waals surface area contributed by atoms with Gasteiger partial charge in [0, 0.05) is 0 Å². The molecule has 1 unspecified atom stereocenters. The first kappa shape index (κ1) is 17.3. The fourth-order valence-electron chi connectivity index (χ4n) is 1.15. The van der Waals surface area contributed by atoms with E-state index in [9.17, 15) is 4.79 Å².